The van der Waals surface area contributed by atoms with E-state index in [1.54, 1.807) is 11.0 Å². The van der Waals surface area contributed by atoms with Gasteiger partial charge in [-0.15, -0.1) is 0 Å². The predicted molar refractivity (Wildman–Crippen MR) is 95.9 cm³/mol. The normalized spacial score (nSPS) is 20.7. The van der Waals surface area contributed by atoms with E-state index in [1.165, 1.54) is 0 Å². The first-order valence-electron chi connectivity index (χ1n) is 8.42. The summed E-state index contributed by atoms with van der Waals surface area (Å²) in [5, 5.41) is 3.57. The fraction of sp³-hybridized carbons (Fsp3) is 0.556. The summed E-state index contributed by atoms with van der Waals surface area (Å²) in [6.07, 6.45) is 1.12. The third kappa shape index (κ3) is 4.28. The van der Waals surface area contributed by atoms with Gasteiger partial charge in [-0.25, -0.2) is 0 Å². The van der Waals surface area contributed by atoms with Gasteiger partial charge in [-0.05, 0) is 45.6 Å². The van der Waals surface area contributed by atoms with Crippen molar-refractivity contribution < 1.29 is 9.59 Å². The van der Waals surface area contributed by atoms with Gasteiger partial charge >= 0.3 is 0 Å². The monoisotopic (exact) mass is 351 g/mol. The van der Waals surface area contributed by atoms with Crippen molar-refractivity contribution >= 4 is 23.4 Å². The quantitative estimate of drug-likeness (QED) is 0.767. The maximum absolute atomic E-state index is 12.6. The van der Waals surface area contributed by atoms with Crippen LogP contribution < -0.4 is 5.32 Å². The molecule has 1 aliphatic rings. The molecule has 2 atom stereocenters. The lowest BCUT2D eigenvalue weighted by molar-refractivity contribution is -0.129. The summed E-state index contributed by atoms with van der Waals surface area (Å²) in [7, 11) is 4.01. The number of hydrogen-bond acceptors (Lipinski definition) is 3. The third-order valence-corrected chi connectivity index (χ3v) is 4.76. The zero-order valence-electron chi connectivity index (χ0n) is 14.6. The van der Waals surface area contributed by atoms with Gasteiger partial charge in [0.05, 0.1) is 12.0 Å². The van der Waals surface area contributed by atoms with Crippen LogP contribution >= 0.6 is 11.6 Å². The standard InChI is InChI=1S/C18H26ClN3O2/c1-4-22-16(23)12-14(18(24)20-10-7-11-21(2)3)17(22)13-8-5-6-9-15(13)19/h5-6,8-9,14,17H,4,7,10-12H2,1-3H3,(H,20,24)/t14-,17+/m1/s1. The van der Waals surface area contributed by atoms with Crippen molar-refractivity contribution in [3.63, 3.8) is 0 Å². The molecule has 132 valence electrons. The number of amides is 2. The summed E-state index contributed by atoms with van der Waals surface area (Å²) >= 11 is 6.33. The lowest BCUT2D eigenvalue weighted by atomic mass is 9.92. The highest BCUT2D eigenvalue weighted by Crippen LogP contribution is 2.40. The van der Waals surface area contributed by atoms with Crippen molar-refractivity contribution in [1.29, 1.82) is 0 Å². The van der Waals surface area contributed by atoms with E-state index >= 15 is 0 Å². The van der Waals surface area contributed by atoms with E-state index in [1.807, 2.05) is 39.2 Å². The van der Waals surface area contributed by atoms with Crippen LogP contribution in [-0.4, -0.2) is 55.3 Å². The first kappa shape index (κ1) is 18.7. The molecule has 6 heteroatoms. The maximum Gasteiger partial charge on any atom is 0.226 e. The van der Waals surface area contributed by atoms with E-state index in [-0.39, 0.29) is 24.3 Å². The Labute approximate surface area is 149 Å². The number of benzene rings is 1. The van der Waals surface area contributed by atoms with Gasteiger partial charge < -0.3 is 15.1 Å². The van der Waals surface area contributed by atoms with Gasteiger partial charge in [0.2, 0.25) is 11.8 Å². The molecule has 0 aliphatic carbocycles. The van der Waals surface area contributed by atoms with Crippen LogP contribution in [0.25, 0.3) is 0 Å². The molecule has 1 N–H and O–H groups in total. The Bertz CT molecular complexity index is 591. The zero-order valence-corrected chi connectivity index (χ0v) is 15.3. The van der Waals surface area contributed by atoms with E-state index in [2.05, 4.69) is 10.2 Å². The van der Waals surface area contributed by atoms with Crippen LogP contribution in [0.5, 0.6) is 0 Å². The van der Waals surface area contributed by atoms with E-state index < -0.39 is 5.92 Å². The number of nitrogens with zero attached hydrogens (tertiary/aromatic N) is 2. The fourth-order valence-corrected chi connectivity index (χ4v) is 3.48. The molecule has 1 heterocycles. The number of hydrogen-bond donors (Lipinski definition) is 1. The molecule has 1 aromatic carbocycles. The maximum atomic E-state index is 12.6. The number of rotatable bonds is 7. The summed E-state index contributed by atoms with van der Waals surface area (Å²) in [5.74, 6) is -0.449. The average Bonchev–Trinajstić information content (AvgIpc) is 2.88. The second kappa shape index (κ2) is 8.49. The van der Waals surface area contributed by atoms with Crippen molar-refractivity contribution in [3.8, 4) is 0 Å². The lowest BCUT2D eigenvalue weighted by Crippen LogP contribution is -2.36. The number of nitrogens with one attached hydrogen (secondary N) is 1. The summed E-state index contributed by atoms with van der Waals surface area (Å²) in [5.41, 5.74) is 0.848. The van der Waals surface area contributed by atoms with Crippen molar-refractivity contribution in [2.45, 2.75) is 25.8 Å². The molecule has 0 saturated carbocycles. The fourth-order valence-electron chi connectivity index (χ4n) is 3.24. The van der Waals surface area contributed by atoms with Gasteiger partial charge in [0.1, 0.15) is 0 Å². The Morgan fingerprint density at radius 1 is 1.38 bits per heavy atom. The van der Waals surface area contributed by atoms with Crippen LogP contribution in [0, 0.1) is 5.92 Å². The van der Waals surface area contributed by atoms with Gasteiger partial charge in [-0.1, -0.05) is 29.8 Å². The minimum atomic E-state index is -0.392. The van der Waals surface area contributed by atoms with Gasteiger partial charge in [0.25, 0.3) is 0 Å². The van der Waals surface area contributed by atoms with Gasteiger partial charge in [-0.3, -0.25) is 9.59 Å². The molecule has 0 bridgehead atoms. The highest BCUT2D eigenvalue weighted by molar-refractivity contribution is 6.31. The van der Waals surface area contributed by atoms with Gasteiger partial charge in [-0.2, -0.15) is 0 Å². The van der Waals surface area contributed by atoms with Crippen molar-refractivity contribution in [1.82, 2.24) is 15.1 Å². The second-order valence-electron chi connectivity index (χ2n) is 6.40. The van der Waals surface area contributed by atoms with Crippen LogP contribution in [0.15, 0.2) is 24.3 Å². The van der Waals surface area contributed by atoms with Crippen LogP contribution in [0.1, 0.15) is 31.4 Å². The van der Waals surface area contributed by atoms with Crippen molar-refractivity contribution in [2.75, 3.05) is 33.7 Å². The minimum absolute atomic E-state index is 0.0101. The molecular weight excluding hydrogens is 326 g/mol. The number of carbonyl (C=O) groups is 2. The molecule has 0 radical (unpaired) electrons. The molecule has 0 spiro atoms. The molecule has 0 unspecified atom stereocenters. The number of carbonyl (C=O) groups excluding carboxylic acids is 2. The molecule has 1 aliphatic heterocycles. The first-order valence-corrected chi connectivity index (χ1v) is 8.79. The van der Waals surface area contributed by atoms with E-state index in [0.29, 0.717) is 18.1 Å². The third-order valence-electron chi connectivity index (χ3n) is 4.41. The SMILES string of the molecule is CCN1C(=O)C[C@@H](C(=O)NCCCN(C)C)[C@@H]1c1ccccc1Cl. The number of likely N-dealkylation sites (tertiary alicyclic amines) is 1. The molecule has 5 nitrogen and oxygen atoms in total. The molecule has 1 aromatic rings. The van der Waals surface area contributed by atoms with Crippen LogP contribution in [0.3, 0.4) is 0 Å². The average molecular weight is 352 g/mol. The number of halogens is 1. The van der Waals surface area contributed by atoms with Crippen LogP contribution in [-0.2, 0) is 9.59 Å². The largest absolute Gasteiger partial charge is 0.356 e. The van der Waals surface area contributed by atoms with Gasteiger partial charge in [0.15, 0.2) is 0 Å². The second-order valence-corrected chi connectivity index (χ2v) is 6.81. The molecule has 2 amide bonds. The zero-order chi connectivity index (χ0) is 17.7. The Balaban J connectivity index is 2.13. The van der Waals surface area contributed by atoms with Crippen LogP contribution in [0.2, 0.25) is 5.02 Å². The Morgan fingerprint density at radius 2 is 2.08 bits per heavy atom. The summed E-state index contributed by atoms with van der Waals surface area (Å²) in [6, 6.07) is 7.17. The first-order chi connectivity index (χ1) is 11.5. The highest BCUT2D eigenvalue weighted by Gasteiger charge is 2.44. The Hall–Kier alpha value is -1.59. The van der Waals surface area contributed by atoms with Crippen molar-refractivity contribution in [3.05, 3.63) is 34.9 Å². The van der Waals surface area contributed by atoms with Crippen molar-refractivity contribution in [2.24, 2.45) is 5.92 Å². The van der Waals surface area contributed by atoms with E-state index in [0.717, 1.165) is 18.5 Å². The predicted octanol–water partition coefficient (Wildman–Crippen LogP) is 2.32. The van der Waals surface area contributed by atoms with E-state index in [9.17, 15) is 9.59 Å². The lowest BCUT2D eigenvalue weighted by Gasteiger charge is -2.28. The summed E-state index contributed by atoms with van der Waals surface area (Å²) in [4.78, 5) is 28.8. The summed E-state index contributed by atoms with van der Waals surface area (Å²) in [6.45, 7) is 4.03. The molecule has 1 saturated heterocycles. The summed E-state index contributed by atoms with van der Waals surface area (Å²) < 4.78 is 0. The van der Waals surface area contributed by atoms with E-state index in [4.69, 9.17) is 11.6 Å². The molecule has 24 heavy (non-hydrogen) atoms. The Kier molecular flexibility index (Phi) is 6.63. The Morgan fingerprint density at radius 3 is 2.71 bits per heavy atom. The molecule has 2 rings (SSSR count). The topological polar surface area (TPSA) is 52.7 Å². The molecule has 1 fully saturated rings. The van der Waals surface area contributed by atoms with Crippen LogP contribution in [0.4, 0.5) is 0 Å². The molecule has 0 aromatic heterocycles. The molecular formula is C18H26ClN3O2. The smallest absolute Gasteiger partial charge is 0.226 e. The van der Waals surface area contributed by atoms with Gasteiger partial charge in [0, 0.05) is 24.5 Å². The minimum Gasteiger partial charge on any atom is -0.356 e. The highest BCUT2D eigenvalue weighted by atomic mass is 35.5.